The molecule has 1 saturated heterocycles. The molecule has 1 unspecified atom stereocenters. The molecule has 1 aliphatic rings. The van der Waals surface area contributed by atoms with E-state index in [0.29, 0.717) is 0 Å². The smallest absolute Gasteiger partial charge is 0.410 e. The minimum atomic E-state index is -1.03. The highest BCUT2D eigenvalue weighted by molar-refractivity contribution is 6.36. The highest BCUT2D eigenvalue weighted by Crippen LogP contribution is 2.31. The fraction of sp³-hybridized carbons (Fsp3) is 0.625. The van der Waals surface area contributed by atoms with E-state index in [1.54, 1.807) is 34.6 Å². The third kappa shape index (κ3) is 3.68. The van der Waals surface area contributed by atoms with Crippen molar-refractivity contribution >= 4 is 31.0 Å². The predicted molar refractivity (Wildman–Crippen MR) is 86.4 cm³/mol. The molecule has 2 rings (SSSR count). The summed E-state index contributed by atoms with van der Waals surface area (Å²) in [7, 11) is 5.63. The Morgan fingerprint density at radius 3 is 2.54 bits per heavy atom. The monoisotopic (exact) mass is 332 g/mol. The molecule has 8 heteroatoms. The van der Waals surface area contributed by atoms with Crippen LogP contribution in [0.4, 0.5) is 4.79 Å². The Morgan fingerprint density at radius 1 is 1.42 bits per heavy atom. The fourth-order valence-corrected chi connectivity index (χ4v) is 2.64. The zero-order valence-electron chi connectivity index (χ0n) is 14.6. The second-order valence-electron chi connectivity index (χ2n) is 7.58. The van der Waals surface area contributed by atoms with E-state index in [9.17, 15) is 14.4 Å². The SMILES string of the molecule is [B]c1conc1C(=O)C1CN(C(=O)OC(C)(C)C)C(C)(C)CC1=O. The van der Waals surface area contributed by atoms with Crippen molar-refractivity contribution in [3.8, 4) is 0 Å². The van der Waals surface area contributed by atoms with Gasteiger partial charge < -0.3 is 14.2 Å². The molecule has 2 radical (unpaired) electrons. The summed E-state index contributed by atoms with van der Waals surface area (Å²) in [5.41, 5.74) is -1.44. The first-order valence-corrected chi connectivity index (χ1v) is 7.70. The topological polar surface area (TPSA) is 89.7 Å². The Morgan fingerprint density at radius 2 is 2.04 bits per heavy atom. The fourth-order valence-electron chi connectivity index (χ4n) is 2.64. The lowest BCUT2D eigenvalue weighted by molar-refractivity contribution is -0.128. The molecular formula is C16H21BN2O5. The maximum Gasteiger partial charge on any atom is 0.410 e. The quantitative estimate of drug-likeness (QED) is 0.460. The Bertz CT molecular complexity index is 674. The molecule has 0 aromatic carbocycles. The summed E-state index contributed by atoms with van der Waals surface area (Å²) in [6.07, 6.45) is 0.613. The standard InChI is InChI=1S/C16H21BN2O5/c1-15(2,3)24-14(22)19-7-9(11(20)6-16(19,4)5)13(21)12-10(17)8-23-18-12/h8-9H,6-7H2,1-5H3. The number of piperidine rings is 1. The van der Waals surface area contributed by atoms with Crippen LogP contribution in [0.5, 0.6) is 0 Å². The molecule has 1 fully saturated rings. The average Bonchev–Trinajstić information content (AvgIpc) is 2.81. The summed E-state index contributed by atoms with van der Waals surface area (Å²) in [6, 6.07) is 0. The van der Waals surface area contributed by atoms with Gasteiger partial charge in [-0.2, -0.15) is 0 Å². The van der Waals surface area contributed by atoms with Gasteiger partial charge >= 0.3 is 6.09 Å². The van der Waals surface area contributed by atoms with Crippen LogP contribution in [-0.2, 0) is 9.53 Å². The number of ketones is 2. The number of ether oxygens (including phenoxy) is 1. The number of hydrogen-bond acceptors (Lipinski definition) is 6. The molecule has 1 aromatic rings. The molecule has 128 valence electrons. The number of amides is 1. The van der Waals surface area contributed by atoms with E-state index >= 15 is 0 Å². The van der Waals surface area contributed by atoms with E-state index in [2.05, 4.69) is 9.68 Å². The first kappa shape index (κ1) is 18.2. The maximum atomic E-state index is 12.6. The minimum Gasteiger partial charge on any atom is -0.444 e. The summed E-state index contributed by atoms with van der Waals surface area (Å²) in [5.74, 6) is -1.83. The van der Waals surface area contributed by atoms with Crippen LogP contribution in [0.3, 0.4) is 0 Å². The van der Waals surface area contributed by atoms with Gasteiger partial charge in [-0.15, -0.1) is 0 Å². The van der Waals surface area contributed by atoms with Crippen LogP contribution in [0.2, 0.25) is 0 Å². The van der Waals surface area contributed by atoms with E-state index in [-0.39, 0.29) is 29.9 Å². The van der Waals surface area contributed by atoms with Gasteiger partial charge in [0.05, 0.1) is 0 Å². The normalized spacial score (nSPS) is 20.8. The van der Waals surface area contributed by atoms with Crippen molar-refractivity contribution in [2.75, 3.05) is 6.54 Å². The number of carbonyl (C=O) groups excluding carboxylic acids is 3. The van der Waals surface area contributed by atoms with Crippen molar-refractivity contribution < 1.29 is 23.6 Å². The van der Waals surface area contributed by atoms with Gasteiger partial charge in [0.2, 0.25) is 0 Å². The number of aromatic nitrogens is 1. The molecule has 0 bridgehead atoms. The second-order valence-corrected chi connectivity index (χ2v) is 7.58. The first-order valence-electron chi connectivity index (χ1n) is 7.70. The van der Waals surface area contributed by atoms with Crippen LogP contribution in [0.15, 0.2) is 10.8 Å². The van der Waals surface area contributed by atoms with Gasteiger partial charge in [-0.3, -0.25) is 9.59 Å². The van der Waals surface area contributed by atoms with Crippen molar-refractivity contribution in [2.45, 2.75) is 52.2 Å². The zero-order chi connectivity index (χ0) is 18.3. The molecule has 24 heavy (non-hydrogen) atoms. The van der Waals surface area contributed by atoms with Gasteiger partial charge in [-0.05, 0) is 40.1 Å². The molecule has 1 amide bonds. The molecule has 0 spiro atoms. The Balaban J connectivity index is 2.26. The van der Waals surface area contributed by atoms with Crippen molar-refractivity contribution in [1.29, 1.82) is 0 Å². The van der Waals surface area contributed by atoms with Gasteiger partial charge in [0, 0.05) is 18.5 Å². The number of carbonyl (C=O) groups is 3. The van der Waals surface area contributed by atoms with E-state index < -0.39 is 28.9 Å². The van der Waals surface area contributed by atoms with E-state index in [4.69, 9.17) is 12.6 Å². The van der Waals surface area contributed by atoms with Crippen LogP contribution in [-0.4, -0.2) is 53.2 Å². The van der Waals surface area contributed by atoms with E-state index in [0.717, 1.165) is 6.26 Å². The number of nitrogens with zero attached hydrogens (tertiary/aromatic N) is 2. The van der Waals surface area contributed by atoms with E-state index in [1.165, 1.54) is 4.90 Å². The highest BCUT2D eigenvalue weighted by Gasteiger charge is 2.46. The van der Waals surface area contributed by atoms with Crippen LogP contribution in [0.25, 0.3) is 0 Å². The Kier molecular flexibility index (Phi) is 4.61. The summed E-state index contributed by atoms with van der Waals surface area (Å²) in [4.78, 5) is 38.9. The molecule has 2 heterocycles. The van der Waals surface area contributed by atoms with Gasteiger partial charge in [-0.1, -0.05) is 5.16 Å². The van der Waals surface area contributed by atoms with Gasteiger partial charge in [-0.25, -0.2) is 4.79 Å². The van der Waals surface area contributed by atoms with Crippen molar-refractivity contribution in [3.63, 3.8) is 0 Å². The van der Waals surface area contributed by atoms with Crippen molar-refractivity contribution in [3.05, 3.63) is 12.0 Å². The molecular weight excluding hydrogens is 311 g/mol. The lowest BCUT2D eigenvalue weighted by atomic mass is 9.80. The largest absolute Gasteiger partial charge is 0.444 e. The van der Waals surface area contributed by atoms with Crippen LogP contribution in [0.1, 0.15) is 51.5 Å². The lowest BCUT2D eigenvalue weighted by Gasteiger charge is -2.44. The number of likely N-dealkylation sites (tertiary alicyclic amines) is 1. The molecule has 0 aliphatic carbocycles. The van der Waals surface area contributed by atoms with Gasteiger partial charge in [0.1, 0.15) is 37.1 Å². The zero-order valence-corrected chi connectivity index (χ0v) is 14.6. The van der Waals surface area contributed by atoms with Crippen LogP contribution < -0.4 is 5.46 Å². The van der Waals surface area contributed by atoms with Crippen LogP contribution >= 0.6 is 0 Å². The second kappa shape index (κ2) is 6.07. The van der Waals surface area contributed by atoms with Crippen LogP contribution in [0, 0.1) is 5.92 Å². The molecule has 1 aliphatic heterocycles. The summed E-state index contributed by atoms with van der Waals surface area (Å²) < 4.78 is 10.1. The summed E-state index contributed by atoms with van der Waals surface area (Å²) >= 11 is 0. The third-order valence-corrected chi connectivity index (χ3v) is 3.85. The highest BCUT2D eigenvalue weighted by atomic mass is 16.6. The molecule has 1 aromatic heterocycles. The Hall–Kier alpha value is -2.12. The molecule has 7 nitrogen and oxygen atoms in total. The molecule has 0 saturated carbocycles. The van der Waals surface area contributed by atoms with Gasteiger partial charge in [0.25, 0.3) is 0 Å². The van der Waals surface area contributed by atoms with Crippen molar-refractivity contribution in [1.82, 2.24) is 10.1 Å². The first-order chi connectivity index (χ1) is 10.9. The third-order valence-electron chi connectivity index (χ3n) is 3.85. The summed E-state index contributed by atoms with van der Waals surface area (Å²) in [6.45, 7) is 8.72. The van der Waals surface area contributed by atoms with E-state index in [1.807, 2.05) is 0 Å². The molecule has 1 atom stereocenters. The number of hydrogen-bond donors (Lipinski definition) is 0. The Labute approximate surface area is 142 Å². The maximum absolute atomic E-state index is 12.6. The lowest BCUT2D eigenvalue weighted by Crippen LogP contribution is -2.58. The number of Topliss-reactive ketones (excluding diaryl/α,β-unsaturated/α-hetero) is 2. The predicted octanol–water partition coefficient (Wildman–Crippen LogP) is 1.26. The van der Waals surface area contributed by atoms with Crippen molar-refractivity contribution in [2.24, 2.45) is 5.92 Å². The average molecular weight is 332 g/mol. The number of rotatable bonds is 2. The summed E-state index contributed by atoms with van der Waals surface area (Å²) in [5, 5.41) is 3.55. The minimum absolute atomic E-state index is 0.0421. The van der Waals surface area contributed by atoms with Gasteiger partial charge in [0.15, 0.2) is 5.78 Å². The molecule has 0 N–H and O–H groups in total.